The van der Waals surface area contributed by atoms with Crippen molar-refractivity contribution in [3.63, 3.8) is 0 Å². The van der Waals surface area contributed by atoms with Crippen molar-refractivity contribution in [1.82, 2.24) is 10.2 Å². The minimum Gasteiger partial charge on any atom is -0.404 e. The number of ether oxygens (including phenoxy) is 1. The molecule has 2 heterocycles. The molecule has 2 aliphatic heterocycles. The first-order valence-corrected chi connectivity index (χ1v) is 10.7. The summed E-state index contributed by atoms with van der Waals surface area (Å²) in [7, 11) is 0. The number of anilines is 1. The number of hydrogen-bond donors (Lipinski definition) is 3. The summed E-state index contributed by atoms with van der Waals surface area (Å²) in [4.78, 5) is 27.5. The summed E-state index contributed by atoms with van der Waals surface area (Å²) in [6.45, 7) is 2.17. The van der Waals surface area contributed by atoms with Gasteiger partial charge in [0.05, 0.1) is 5.69 Å². The Kier molecular flexibility index (Phi) is 7.83. The minimum absolute atomic E-state index is 0.0459. The molecule has 11 heteroatoms. The van der Waals surface area contributed by atoms with E-state index in [1.807, 2.05) is 0 Å². The van der Waals surface area contributed by atoms with E-state index in [0.29, 0.717) is 44.7 Å². The van der Waals surface area contributed by atoms with Gasteiger partial charge in [-0.2, -0.15) is 0 Å². The molecule has 0 radical (unpaired) electrons. The lowest BCUT2D eigenvalue weighted by molar-refractivity contribution is -0.274. The highest BCUT2D eigenvalue weighted by atomic mass is 19.4. The van der Waals surface area contributed by atoms with Gasteiger partial charge >= 0.3 is 6.36 Å². The maximum atomic E-state index is 12.6. The number of halogens is 3. The van der Waals surface area contributed by atoms with Crippen LogP contribution in [-0.4, -0.2) is 78.2 Å². The fraction of sp³-hybridized carbons (Fsp3) is 0.619. The second kappa shape index (κ2) is 10.4. The van der Waals surface area contributed by atoms with Gasteiger partial charge in [0.15, 0.2) is 18.0 Å². The molecule has 3 N–H and O–H groups in total. The highest BCUT2D eigenvalue weighted by Gasteiger charge is 2.35. The number of carbonyl (C=O) groups excluding carboxylic acids is 2. The predicted octanol–water partition coefficient (Wildman–Crippen LogP) is 1.26. The number of para-hydroxylation sites is 2. The van der Waals surface area contributed by atoms with Crippen molar-refractivity contribution in [2.24, 2.45) is 5.92 Å². The van der Waals surface area contributed by atoms with Gasteiger partial charge < -0.3 is 30.1 Å². The summed E-state index contributed by atoms with van der Waals surface area (Å²) < 4.78 is 42.0. The first kappa shape index (κ1) is 24.1. The van der Waals surface area contributed by atoms with Crippen LogP contribution in [0.3, 0.4) is 0 Å². The summed E-state index contributed by atoms with van der Waals surface area (Å²) in [5.41, 5.74) is 0.353. The number of nitrogens with zero attached hydrogens (tertiary/aromatic N) is 2. The third-order valence-electron chi connectivity index (χ3n) is 5.85. The maximum absolute atomic E-state index is 12.6. The van der Waals surface area contributed by atoms with E-state index in [9.17, 15) is 33.0 Å². The Morgan fingerprint density at radius 3 is 2.31 bits per heavy atom. The van der Waals surface area contributed by atoms with Gasteiger partial charge in [-0.3, -0.25) is 9.59 Å². The summed E-state index contributed by atoms with van der Waals surface area (Å²) in [5, 5.41) is 22.6. The van der Waals surface area contributed by atoms with Crippen LogP contribution in [0.1, 0.15) is 25.7 Å². The van der Waals surface area contributed by atoms with Gasteiger partial charge in [0.1, 0.15) is 0 Å². The molecule has 2 aliphatic rings. The van der Waals surface area contributed by atoms with Crippen LogP contribution in [0, 0.1) is 5.92 Å². The molecule has 178 valence electrons. The Balaban J connectivity index is 1.46. The van der Waals surface area contributed by atoms with Crippen LogP contribution in [0.5, 0.6) is 5.75 Å². The van der Waals surface area contributed by atoms with Crippen LogP contribution in [0.4, 0.5) is 18.9 Å². The van der Waals surface area contributed by atoms with Crippen molar-refractivity contribution in [2.45, 2.75) is 44.3 Å². The highest BCUT2D eigenvalue weighted by Crippen LogP contribution is 2.34. The molecule has 0 saturated carbocycles. The molecule has 0 aromatic heterocycles. The number of nitrogens with one attached hydrogen (secondary N) is 1. The molecule has 0 spiro atoms. The van der Waals surface area contributed by atoms with Crippen molar-refractivity contribution in [3.8, 4) is 5.75 Å². The Labute approximate surface area is 183 Å². The van der Waals surface area contributed by atoms with E-state index in [4.69, 9.17) is 0 Å². The number of piperidine rings is 1. The minimum atomic E-state index is -4.78. The number of hydrogen-bond acceptors (Lipinski definition) is 6. The van der Waals surface area contributed by atoms with Gasteiger partial charge in [-0.05, 0) is 43.7 Å². The molecule has 32 heavy (non-hydrogen) atoms. The molecule has 2 saturated heterocycles. The highest BCUT2D eigenvalue weighted by molar-refractivity contribution is 5.90. The fourth-order valence-corrected chi connectivity index (χ4v) is 4.06. The van der Waals surface area contributed by atoms with E-state index in [0.717, 1.165) is 12.8 Å². The van der Waals surface area contributed by atoms with Crippen molar-refractivity contribution >= 4 is 17.5 Å². The molecule has 0 aliphatic carbocycles. The molecule has 1 aromatic carbocycles. The SMILES string of the molecule is O=C(NCC1CCN(c2ccccc2OC(F)(F)F)CC1)[C@H](O)[C@@H](O)C(=O)N1CCCC1. The molecule has 2 amide bonds. The second-order valence-corrected chi connectivity index (χ2v) is 8.11. The van der Waals surface area contributed by atoms with E-state index in [2.05, 4.69) is 10.1 Å². The van der Waals surface area contributed by atoms with E-state index in [1.165, 1.54) is 17.0 Å². The summed E-state index contributed by atoms with van der Waals surface area (Å²) >= 11 is 0. The smallest absolute Gasteiger partial charge is 0.404 e. The lowest BCUT2D eigenvalue weighted by Gasteiger charge is -2.34. The zero-order valence-corrected chi connectivity index (χ0v) is 17.6. The van der Waals surface area contributed by atoms with Crippen LogP contribution in [0.2, 0.25) is 0 Å². The number of alkyl halides is 3. The van der Waals surface area contributed by atoms with Crippen LogP contribution in [0.25, 0.3) is 0 Å². The molecule has 2 atom stereocenters. The van der Waals surface area contributed by atoms with Crippen molar-refractivity contribution in [2.75, 3.05) is 37.6 Å². The van der Waals surface area contributed by atoms with Crippen LogP contribution >= 0.6 is 0 Å². The molecule has 0 bridgehead atoms. The topological polar surface area (TPSA) is 102 Å². The fourth-order valence-electron chi connectivity index (χ4n) is 4.06. The monoisotopic (exact) mass is 459 g/mol. The van der Waals surface area contributed by atoms with E-state index in [-0.39, 0.29) is 18.2 Å². The number of aliphatic hydroxyl groups excluding tert-OH is 2. The Morgan fingerprint density at radius 2 is 1.69 bits per heavy atom. The number of rotatable bonds is 7. The summed E-state index contributed by atoms with van der Waals surface area (Å²) in [5.74, 6) is -1.69. The van der Waals surface area contributed by atoms with Gasteiger partial charge in [0.25, 0.3) is 11.8 Å². The van der Waals surface area contributed by atoms with Crippen LogP contribution < -0.4 is 15.0 Å². The first-order chi connectivity index (χ1) is 15.2. The van der Waals surface area contributed by atoms with Gasteiger partial charge in [-0.15, -0.1) is 13.2 Å². The zero-order valence-electron chi connectivity index (χ0n) is 17.6. The van der Waals surface area contributed by atoms with E-state index >= 15 is 0 Å². The number of likely N-dealkylation sites (tertiary alicyclic amines) is 1. The van der Waals surface area contributed by atoms with Gasteiger partial charge in [0, 0.05) is 32.7 Å². The quantitative estimate of drug-likeness (QED) is 0.568. The number of benzene rings is 1. The average molecular weight is 459 g/mol. The average Bonchev–Trinajstić information content (AvgIpc) is 3.30. The van der Waals surface area contributed by atoms with Crippen molar-refractivity contribution < 1.29 is 37.7 Å². The lowest BCUT2D eigenvalue weighted by Crippen LogP contribution is -2.51. The Morgan fingerprint density at radius 1 is 1.06 bits per heavy atom. The number of aliphatic hydroxyl groups is 2. The van der Waals surface area contributed by atoms with E-state index in [1.54, 1.807) is 17.0 Å². The van der Waals surface area contributed by atoms with Crippen LogP contribution in [0.15, 0.2) is 24.3 Å². The lowest BCUT2D eigenvalue weighted by atomic mass is 9.96. The van der Waals surface area contributed by atoms with Crippen molar-refractivity contribution in [1.29, 1.82) is 0 Å². The predicted molar refractivity (Wildman–Crippen MR) is 109 cm³/mol. The van der Waals surface area contributed by atoms with Gasteiger partial charge in [-0.1, -0.05) is 12.1 Å². The maximum Gasteiger partial charge on any atom is 0.573 e. The standard InChI is InChI=1S/C21H28F3N3O5/c22-21(23,24)32-16-6-2-1-5-15(16)26-11-7-14(8-12-26)13-25-19(30)17(28)18(29)20(31)27-9-3-4-10-27/h1-2,5-6,14,17-18,28-29H,3-4,7-13H2,(H,25,30)/t17-,18-/m1/s1. The first-order valence-electron chi connectivity index (χ1n) is 10.7. The summed E-state index contributed by atoms with van der Waals surface area (Å²) in [6, 6.07) is 5.95. The molecular weight excluding hydrogens is 431 g/mol. The van der Waals surface area contributed by atoms with E-state index < -0.39 is 30.4 Å². The zero-order chi connectivity index (χ0) is 23.3. The number of carbonyl (C=O) groups is 2. The third-order valence-corrected chi connectivity index (χ3v) is 5.85. The molecule has 2 fully saturated rings. The Bertz CT molecular complexity index is 793. The molecule has 1 aromatic rings. The number of amides is 2. The summed E-state index contributed by atoms with van der Waals surface area (Å²) in [6.07, 6.45) is -5.58. The largest absolute Gasteiger partial charge is 0.573 e. The van der Waals surface area contributed by atoms with Crippen molar-refractivity contribution in [3.05, 3.63) is 24.3 Å². The molecular formula is C21H28F3N3O5. The molecule has 3 rings (SSSR count). The van der Waals surface area contributed by atoms with Gasteiger partial charge in [0.2, 0.25) is 0 Å². The Hall–Kier alpha value is -2.53. The third kappa shape index (κ3) is 6.26. The second-order valence-electron chi connectivity index (χ2n) is 8.11. The normalized spacial score (nSPS) is 19.5. The van der Waals surface area contributed by atoms with Crippen LogP contribution in [-0.2, 0) is 9.59 Å². The molecule has 8 nitrogen and oxygen atoms in total. The van der Waals surface area contributed by atoms with Gasteiger partial charge in [-0.25, -0.2) is 0 Å². The molecule has 0 unspecified atom stereocenters.